The first-order valence-electron chi connectivity index (χ1n) is 25.9. The molecule has 0 spiro atoms. The number of carbonyl (C=O) groups excluding carboxylic acids is 3. The van der Waals surface area contributed by atoms with Crippen molar-refractivity contribution in [2.24, 2.45) is 5.92 Å². The largest absolute Gasteiger partial charge is 0.462 e. The van der Waals surface area contributed by atoms with Crippen LogP contribution in [0, 0.1) is 5.92 Å². The van der Waals surface area contributed by atoms with Crippen LogP contribution in [0.1, 0.15) is 291 Å². The zero-order chi connectivity index (χ0) is 42.4. The van der Waals surface area contributed by atoms with Crippen molar-refractivity contribution in [1.82, 2.24) is 0 Å². The van der Waals surface area contributed by atoms with Gasteiger partial charge >= 0.3 is 17.9 Å². The molecule has 0 fully saturated rings. The number of unbranched alkanes of at least 4 members (excludes halogenated alkanes) is 34. The van der Waals surface area contributed by atoms with Gasteiger partial charge in [0.15, 0.2) is 6.10 Å². The molecule has 0 bridgehead atoms. The Morgan fingerprint density at radius 3 is 0.845 bits per heavy atom. The first kappa shape index (κ1) is 56.4. The molecule has 0 heterocycles. The van der Waals surface area contributed by atoms with Gasteiger partial charge in [-0.2, -0.15) is 0 Å². The molecule has 58 heavy (non-hydrogen) atoms. The maximum atomic E-state index is 12.7. The minimum atomic E-state index is -0.761. The first-order chi connectivity index (χ1) is 28.4. The number of ether oxygens (including phenoxy) is 3. The van der Waals surface area contributed by atoms with Crippen LogP contribution in [0.15, 0.2) is 0 Å². The Balaban J connectivity index is 4.23. The monoisotopic (exact) mass is 821 g/mol. The molecule has 0 radical (unpaired) electrons. The lowest BCUT2D eigenvalue weighted by molar-refractivity contribution is -0.167. The van der Waals surface area contributed by atoms with Gasteiger partial charge in [-0.3, -0.25) is 14.4 Å². The summed E-state index contributed by atoms with van der Waals surface area (Å²) in [6.07, 6.45) is 48.1. The zero-order valence-corrected chi connectivity index (χ0v) is 39.5. The average molecular weight is 821 g/mol. The maximum Gasteiger partial charge on any atom is 0.306 e. The summed E-state index contributed by atoms with van der Waals surface area (Å²) in [6.45, 7) is 8.97. The van der Waals surface area contributed by atoms with Crippen molar-refractivity contribution in [3.63, 3.8) is 0 Å². The van der Waals surface area contributed by atoms with Gasteiger partial charge in [-0.15, -0.1) is 0 Å². The summed E-state index contributed by atoms with van der Waals surface area (Å²) in [5, 5.41) is 0. The number of rotatable bonds is 47. The van der Waals surface area contributed by atoms with Crippen molar-refractivity contribution in [2.45, 2.75) is 297 Å². The predicted octanol–water partition coefficient (Wildman–Crippen LogP) is 16.7. The summed E-state index contributed by atoms with van der Waals surface area (Å²) in [6, 6.07) is 0. The van der Waals surface area contributed by atoms with Crippen LogP contribution in [-0.4, -0.2) is 37.2 Å². The highest BCUT2D eigenvalue weighted by molar-refractivity contribution is 5.71. The zero-order valence-electron chi connectivity index (χ0n) is 39.5. The average Bonchev–Trinajstić information content (AvgIpc) is 3.21. The first-order valence-corrected chi connectivity index (χ1v) is 25.9. The molecule has 0 unspecified atom stereocenters. The van der Waals surface area contributed by atoms with Gasteiger partial charge < -0.3 is 14.2 Å². The van der Waals surface area contributed by atoms with E-state index < -0.39 is 6.10 Å². The van der Waals surface area contributed by atoms with E-state index in [1.165, 1.54) is 186 Å². The highest BCUT2D eigenvalue weighted by atomic mass is 16.6. The molecule has 0 amide bonds. The van der Waals surface area contributed by atoms with E-state index in [0.29, 0.717) is 19.3 Å². The lowest BCUT2D eigenvalue weighted by Gasteiger charge is -2.18. The maximum absolute atomic E-state index is 12.7. The van der Waals surface area contributed by atoms with Crippen LogP contribution in [-0.2, 0) is 28.6 Å². The van der Waals surface area contributed by atoms with Crippen molar-refractivity contribution in [3.8, 4) is 0 Å². The molecule has 0 saturated heterocycles. The Labute approximate surface area is 361 Å². The summed E-state index contributed by atoms with van der Waals surface area (Å²) in [7, 11) is 0. The summed E-state index contributed by atoms with van der Waals surface area (Å²) in [5.74, 6) is -0.0709. The molecule has 0 saturated carbocycles. The molecule has 0 aliphatic rings. The van der Waals surface area contributed by atoms with Gasteiger partial charge in [0, 0.05) is 19.3 Å². The molecular weight excluding hydrogens is 721 g/mol. The minimum absolute atomic E-state index is 0.0636. The summed E-state index contributed by atoms with van der Waals surface area (Å²) < 4.78 is 16.8. The molecule has 0 rings (SSSR count). The van der Waals surface area contributed by atoms with Crippen LogP contribution >= 0.6 is 0 Å². The molecule has 6 heteroatoms. The van der Waals surface area contributed by atoms with E-state index in [0.717, 1.165) is 63.7 Å². The third-order valence-corrected chi connectivity index (χ3v) is 11.8. The number of hydrogen-bond acceptors (Lipinski definition) is 6. The fourth-order valence-electron chi connectivity index (χ4n) is 7.86. The fourth-order valence-corrected chi connectivity index (χ4v) is 7.86. The van der Waals surface area contributed by atoms with Gasteiger partial charge in [0.2, 0.25) is 0 Å². The smallest absolute Gasteiger partial charge is 0.306 e. The Bertz CT molecular complexity index is 872. The van der Waals surface area contributed by atoms with E-state index in [4.69, 9.17) is 14.2 Å². The molecule has 0 N–H and O–H groups in total. The van der Waals surface area contributed by atoms with Crippen LogP contribution < -0.4 is 0 Å². The second-order valence-corrected chi connectivity index (χ2v) is 18.3. The topological polar surface area (TPSA) is 78.9 Å². The lowest BCUT2D eigenvalue weighted by atomic mass is 10.0. The van der Waals surface area contributed by atoms with Crippen LogP contribution in [0.5, 0.6) is 0 Å². The van der Waals surface area contributed by atoms with Crippen molar-refractivity contribution < 1.29 is 28.6 Å². The fraction of sp³-hybridized carbons (Fsp3) is 0.942. The summed E-state index contributed by atoms with van der Waals surface area (Å²) in [5.41, 5.74) is 0. The Morgan fingerprint density at radius 1 is 0.328 bits per heavy atom. The molecule has 0 aromatic carbocycles. The van der Waals surface area contributed by atoms with Crippen LogP contribution in [0.4, 0.5) is 0 Å². The molecule has 0 aromatic heterocycles. The molecule has 0 aliphatic carbocycles. The van der Waals surface area contributed by atoms with E-state index in [1.807, 2.05) is 0 Å². The van der Waals surface area contributed by atoms with Gasteiger partial charge in [-0.05, 0) is 25.2 Å². The quantitative estimate of drug-likeness (QED) is 0.0346. The SMILES string of the molecule is CCCCCCCCCCCCCCCCCCCCC(=O)OC[C@H](COC(=O)CCCCCCCCCCCCCC)OC(=O)CCCCCCCCCC(C)C. The highest BCUT2D eigenvalue weighted by Gasteiger charge is 2.19. The van der Waals surface area contributed by atoms with Crippen molar-refractivity contribution in [1.29, 1.82) is 0 Å². The van der Waals surface area contributed by atoms with E-state index in [-0.39, 0.29) is 31.1 Å². The molecule has 1 atom stereocenters. The number of esters is 3. The lowest BCUT2D eigenvalue weighted by Crippen LogP contribution is -2.30. The van der Waals surface area contributed by atoms with E-state index >= 15 is 0 Å². The van der Waals surface area contributed by atoms with E-state index in [1.54, 1.807) is 0 Å². The number of carbonyl (C=O) groups is 3. The van der Waals surface area contributed by atoms with Gasteiger partial charge in [-0.1, -0.05) is 252 Å². The van der Waals surface area contributed by atoms with Gasteiger partial charge in [0.1, 0.15) is 13.2 Å². The van der Waals surface area contributed by atoms with Crippen molar-refractivity contribution in [2.75, 3.05) is 13.2 Å². The van der Waals surface area contributed by atoms with Crippen LogP contribution in [0.2, 0.25) is 0 Å². The predicted molar refractivity (Wildman–Crippen MR) is 247 cm³/mol. The second kappa shape index (κ2) is 46.5. The standard InChI is InChI=1S/C52H100O6/c1-5-7-9-11-13-15-17-19-20-21-22-23-24-26-28-32-36-40-44-51(54)57-47-49(58-52(55)45-41-37-33-29-30-34-38-42-48(3)4)46-56-50(53)43-39-35-31-27-25-18-16-14-12-10-8-6-2/h48-49H,5-47H2,1-4H3/t49-/m0/s1. The van der Waals surface area contributed by atoms with Crippen molar-refractivity contribution in [3.05, 3.63) is 0 Å². The molecule has 0 aliphatic heterocycles. The molecular formula is C52H100O6. The Hall–Kier alpha value is -1.59. The van der Waals surface area contributed by atoms with Gasteiger partial charge in [-0.25, -0.2) is 0 Å². The third-order valence-electron chi connectivity index (χ3n) is 11.8. The molecule has 344 valence electrons. The van der Waals surface area contributed by atoms with Gasteiger partial charge in [0.05, 0.1) is 0 Å². The summed E-state index contributed by atoms with van der Waals surface area (Å²) in [4.78, 5) is 37.9. The number of hydrogen-bond donors (Lipinski definition) is 0. The van der Waals surface area contributed by atoms with E-state index in [2.05, 4.69) is 27.7 Å². The minimum Gasteiger partial charge on any atom is -0.462 e. The van der Waals surface area contributed by atoms with Crippen LogP contribution in [0.25, 0.3) is 0 Å². The highest BCUT2D eigenvalue weighted by Crippen LogP contribution is 2.17. The Morgan fingerprint density at radius 2 is 0.569 bits per heavy atom. The van der Waals surface area contributed by atoms with Gasteiger partial charge in [0.25, 0.3) is 0 Å². The van der Waals surface area contributed by atoms with Crippen molar-refractivity contribution >= 4 is 17.9 Å². The van der Waals surface area contributed by atoms with Crippen LogP contribution in [0.3, 0.4) is 0 Å². The summed E-state index contributed by atoms with van der Waals surface area (Å²) >= 11 is 0. The Kier molecular flexibility index (Phi) is 45.2. The second-order valence-electron chi connectivity index (χ2n) is 18.3. The molecule has 0 aromatic rings. The third kappa shape index (κ3) is 45.5. The van der Waals surface area contributed by atoms with E-state index in [9.17, 15) is 14.4 Å². The normalized spacial score (nSPS) is 11.9. The molecule has 6 nitrogen and oxygen atoms in total.